The van der Waals surface area contributed by atoms with E-state index in [0.717, 1.165) is 0 Å². The van der Waals surface area contributed by atoms with Gasteiger partial charge in [-0.15, -0.1) is 0 Å². The molecule has 5 rings (SSSR count). The zero-order valence-electron chi connectivity index (χ0n) is 16.3. The summed E-state index contributed by atoms with van der Waals surface area (Å²) in [6.45, 7) is 0. The molecule has 32 heavy (non-hydrogen) atoms. The number of rotatable bonds is 3. The number of hydrogen-bond acceptors (Lipinski definition) is 7. The van der Waals surface area contributed by atoms with Crippen molar-refractivity contribution in [3.05, 3.63) is 98.1 Å². The summed E-state index contributed by atoms with van der Waals surface area (Å²) in [7, 11) is 0. The smallest absolute Gasteiger partial charge is 0.290 e. The SMILES string of the molecule is O.O=c1c(C(c2ccn[nH]2)c2c(O)oc3ccccc3c2=O)c(O)oc2ccccc12.[Ce]. The minimum atomic E-state index is -1.20. The standard InChI is InChI=1S/C22H14N2O6.Ce.H2O/c25-19-11-5-1-3-7-14(11)29-21(27)17(19)16(13-9-10-23-24-13)18-20(26)12-6-2-4-8-15(12)30-22(18)28;;/h1-10,16,27-28H,(H,23,24);;1H2. The topological polar surface area (TPSA) is 161 Å². The maximum absolute atomic E-state index is 13.3. The van der Waals surface area contributed by atoms with E-state index in [9.17, 15) is 19.8 Å². The van der Waals surface area contributed by atoms with Gasteiger partial charge >= 0.3 is 0 Å². The third kappa shape index (κ3) is 3.73. The molecule has 5 aromatic rings. The number of aromatic amines is 1. The van der Waals surface area contributed by atoms with Gasteiger partial charge in [0.25, 0.3) is 11.9 Å². The first kappa shape index (κ1) is 23.7. The van der Waals surface area contributed by atoms with Crippen LogP contribution in [0.5, 0.6) is 11.9 Å². The molecule has 9 nitrogen and oxygen atoms in total. The normalized spacial score (nSPS) is 10.8. The van der Waals surface area contributed by atoms with E-state index in [1.165, 1.54) is 12.3 Å². The molecule has 0 atom stereocenters. The maximum atomic E-state index is 13.3. The van der Waals surface area contributed by atoms with E-state index < -0.39 is 28.7 Å². The van der Waals surface area contributed by atoms with Crippen LogP contribution >= 0.6 is 0 Å². The van der Waals surface area contributed by atoms with Gasteiger partial charge in [-0.25, -0.2) is 0 Å². The van der Waals surface area contributed by atoms with Crippen molar-refractivity contribution < 1.29 is 66.3 Å². The number of para-hydroxylation sites is 2. The van der Waals surface area contributed by atoms with Crippen LogP contribution in [0.15, 0.2) is 79.2 Å². The molecule has 3 aromatic heterocycles. The van der Waals surface area contributed by atoms with Crippen LogP contribution in [0.1, 0.15) is 22.7 Å². The molecule has 0 aliphatic rings. The van der Waals surface area contributed by atoms with Gasteiger partial charge in [0, 0.05) is 53.6 Å². The van der Waals surface area contributed by atoms with Gasteiger partial charge in [0.15, 0.2) is 0 Å². The predicted octanol–water partition coefficient (Wildman–Crippen LogP) is 2.39. The van der Waals surface area contributed by atoms with Gasteiger partial charge in [-0.05, 0) is 30.3 Å². The van der Waals surface area contributed by atoms with Crippen molar-refractivity contribution in [2.75, 3.05) is 0 Å². The minimum Gasteiger partial charge on any atom is -0.480 e. The molecule has 0 aliphatic heterocycles. The van der Waals surface area contributed by atoms with Crippen molar-refractivity contribution in [3.8, 4) is 11.9 Å². The Labute approximate surface area is 213 Å². The van der Waals surface area contributed by atoms with Crippen LogP contribution < -0.4 is 10.9 Å². The van der Waals surface area contributed by atoms with Crippen LogP contribution in [0.4, 0.5) is 0 Å². The Morgan fingerprint density at radius 3 is 1.69 bits per heavy atom. The number of aromatic nitrogens is 2. The summed E-state index contributed by atoms with van der Waals surface area (Å²) in [5, 5.41) is 28.2. The van der Waals surface area contributed by atoms with E-state index >= 15 is 0 Å². The van der Waals surface area contributed by atoms with E-state index in [1.54, 1.807) is 48.5 Å². The summed E-state index contributed by atoms with van der Waals surface area (Å²) in [6, 6.07) is 14.4. The molecule has 0 bridgehead atoms. The third-order valence-corrected chi connectivity index (χ3v) is 5.04. The number of aromatic hydroxyl groups is 2. The molecule has 0 fully saturated rings. The monoisotopic (exact) mass is 560 g/mol. The summed E-state index contributed by atoms with van der Waals surface area (Å²) in [5.41, 5.74) is -0.817. The van der Waals surface area contributed by atoms with E-state index in [-0.39, 0.29) is 80.3 Å². The summed E-state index contributed by atoms with van der Waals surface area (Å²) in [4.78, 5) is 26.6. The van der Waals surface area contributed by atoms with Crippen LogP contribution in [0.2, 0.25) is 0 Å². The Morgan fingerprint density at radius 2 is 1.25 bits per heavy atom. The van der Waals surface area contributed by atoms with E-state index in [4.69, 9.17) is 8.83 Å². The second kappa shape index (κ2) is 9.24. The van der Waals surface area contributed by atoms with Crippen LogP contribution in [0.3, 0.4) is 0 Å². The molecule has 160 valence electrons. The molecule has 0 saturated heterocycles. The van der Waals surface area contributed by atoms with Crippen LogP contribution in [-0.2, 0) is 0 Å². The van der Waals surface area contributed by atoms with E-state index in [1.807, 2.05) is 0 Å². The van der Waals surface area contributed by atoms with Gasteiger partial charge in [-0.2, -0.15) is 5.10 Å². The Bertz CT molecular complexity index is 1420. The summed E-state index contributed by atoms with van der Waals surface area (Å²) >= 11 is 0. The van der Waals surface area contributed by atoms with Gasteiger partial charge < -0.3 is 24.5 Å². The molecule has 0 radical (unpaired) electrons. The summed E-state index contributed by atoms with van der Waals surface area (Å²) in [6.07, 6.45) is 1.43. The van der Waals surface area contributed by atoms with Crippen LogP contribution in [0.25, 0.3) is 21.9 Å². The second-order valence-corrected chi connectivity index (χ2v) is 6.74. The Balaban J connectivity index is 0.00000144. The molecular weight excluding hydrogens is 544 g/mol. The predicted molar refractivity (Wildman–Crippen MR) is 111 cm³/mol. The average molecular weight is 560 g/mol. The van der Waals surface area contributed by atoms with Crippen molar-refractivity contribution in [1.82, 2.24) is 10.2 Å². The van der Waals surface area contributed by atoms with Crippen molar-refractivity contribution in [3.63, 3.8) is 0 Å². The molecule has 2 aromatic carbocycles. The number of nitrogens with one attached hydrogen (secondary N) is 1. The quantitative estimate of drug-likeness (QED) is 0.305. The van der Waals surface area contributed by atoms with Crippen LogP contribution in [-0.4, -0.2) is 25.9 Å². The fraction of sp³-hybridized carbons (Fsp3) is 0.0455. The summed E-state index contributed by atoms with van der Waals surface area (Å²) < 4.78 is 10.9. The largest absolute Gasteiger partial charge is 0.480 e. The zero-order valence-corrected chi connectivity index (χ0v) is 19.5. The Kier molecular flexibility index (Phi) is 6.84. The van der Waals surface area contributed by atoms with Crippen molar-refractivity contribution >= 4 is 21.9 Å². The van der Waals surface area contributed by atoms with Gasteiger partial charge in [0.05, 0.1) is 27.8 Å². The van der Waals surface area contributed by atoms with Crippen molar-refractivity contribution in [1.29, 1.82) is 0 Å². The number of hydrogen-bond donors (Lipinski definition) is 3. The fourth-order valence-corrected chi connectivity index (χ4v) is 3.68. The molecule has 0 saturated carbocycles. The minimum absolute atomic E-state index is 0. The number of fused-ring (bicyclic) bond motifs is 2. The number of nitrogens with zero attached hydrogens (tertiary/aromatic N) is 1. The first-order chi connectivity index (χ1) is 14.6. The van der Waals surface area contributed by atoms with E-state index in [2.05, 4.69) is 10.2 Å². The van der Waals surface area contributed by atoms with Crippen molar-refractivity contribution in [2.24, 2.45) is 0 Å². The molecule has 0 unspecified atom stereocenters. The molecule has 5 N–H and O–H groups in total. The van der Waals surface area contributed by atoms with Crippen LogP contribution in [0, 0.1) is 41.7 Å². The average Bonchev–Trinajstić information content (AvgIpc) is 3.27. The first-order valence-electron chi connectivity index (χ1n) is 9.05. The molecule has 0 aliphatic carbocycles. The molecular formula is C22H16CeN2O7. The van der Waals surface area contributed by atoms with E-state index in [0.29, 0.717) is 5.69 Å². The Morgan fingerprint density at radius 1 is 0.781 bits per heavy atom. The van der Waals surface area contributed by atoms with Crippen molar-refractivity contribution in [2.45, 2.75) is 5.92 Å². The number of H-pyrrole nitrogens is 1. The number of benzene rings is 2. The Hall–Kier alpha value is -2.99. The molecule has 10 heteroatoms. The summed E-state index contributed by atoms with van der Waals surface area (Å²) in [5.74, 6) is -2.52. The van der Waals surface area contributed by atoms with Gasteiger partial charge in [-0.1, -0.05) is 24.3 Å². The third-order valence-electron chi connectivity index (χ3n) is 5.04. The fourth-order valence-electron chi connectivity index (χ4n) is 3.68. The van der Waals surface area contributed by atoms with Gasteiger partial charge in [0.2, 0.25) is 10.9 Å². The molecule has 3 heterocycles. The first-order valence-corrected chi connectivity index (χ1v) is 9.05. The zero-order chi connectivity index (χ0) is 20.8. The van der Waals surface area contributed by atoms with Gasteiger partial charge in [0.1, 0.15) is 11.2 Å². The maximum Gasteiger partial charge on any atom is 0.290 e. The second-order valence-electron chi connectivity index (χ2n) is 6.74. The molecule has 0 spiro atoms. The molecule has 0 amide bonds. The van der Waals surface area contributed by atoms with Gasteiger partial charge in [-0.3, -0.25) is 14.7 Å².